The van der Waals surface area contributed by atoms with Gasteiger partial charge < -0.3 is 10.2 Å². The van der Waals surface area contributed by atoms with E-state index >= 15 is 0 Å². The minimum Gasteiger partial charge on any atom is -0.362 e. The van der Waals surface area contributed by atoms with Crippen LogP contribution in [0.25, 0.3) is 0 Å². The molecule has 6 nitrogen and oxygen atoms in total. The highest BCUT2D eigenvalue weighted by Gasteiger charge is 2.43. The Morgan fingerprint density at radius 1 is 1.13 bits per heavy atom. The molecule has 2 aliphatic rings. The van der Waals surface area contributed by atoms with Crippen LogP contribution in [0.1, 0.15) is 43.6 Å². The van der Waals surface area contributed by atoms with Gasteiger partial charge in [-0.3, -0.25) is 4.79 Å². The quantitative estimate of drug-likeness (QED) is 0.753. The summed E-state index contributed by atoms with van der Waals surface area (Å²) in [6, 6.07) is 12.4. The molecule has 1 amide bonds. The first kappa shape index (κ1) is 21.5. The van der Waals surface area contributed by atoms with Gasteiger partial charge >= 0.3 is 0 Å². The van der Waals surface area contributed by atoms with E-state index in [1.807, 2.05) is 11.9 Å². The summed E-state index contributed by atoms with van der Waals surface area (Å²) in [5, 5.41) is 2.81. The van der Waals surface area contributed by atoms with Crippen LogP contribution in [-0.2, 0) is 14.8 Å². The monoisotopic (exact) mass is 443 g/mol. The van der Waals surface area contributed by atoms with Gasteiger partial charge in [0.15, 0.2) is 0 Å². The Bertz CT molecular complexity index is 1100. The molecule has 1 N–H and O–H groups in total. The summed E-state index contributed by atoms with van der Waals surface area (Å²) < 4.78 is 42.9. The first-order chi connectivity index (χ1) is 14.8. The minimum atomic E-state index is -3.87. The maximum atomic E-state index is 13.1. The summed E-state index contributed by atoms with van der Waals surface area (Å²) in [5.74, 6) is -0.0388. The number of carbonyl (C=O) groups is 1. The number of carbonyl (C=O) groups excluding carboxylic acids is 1. The Labute approximate surface area is 182 Å². The van der Waals surface area contributed by atoms with Crippen LogP contribution in [-0.4, -0.2) is 38.7 Å². The second-order valence-electron chi connectivity index (χ2n) is 8.23. The molecule has 1 heterocycles. The fraction of sp³-hybridized carbons (Fsp3) is 0.391. The number of hydrogen-bond donors (Lipinski definition) is 1. The summed E-state index contributed by atoms with van der Waals surface area (Å²) in [6.07, 6.45) is 4.33. The number of likely N-dealkylation sites (tertiary alicyclic amines) is 1. The molecule has 2 aromatic rings. The van der Waals surface area contributed by atoms with Crippen LogP contribution in [0, 0.1) is 11.7 Å². The summed E-state index contributed by atoms with van der Waals surface area (Å²) in [6.45, 7) is 0.793. The van der Waals surface area contributed by atoms with E-state index in [1.54, 1.807) is 24.3 Å². The predicted molar refractivity (Wildman–Crippen MR) is 118 cm³/mol. The van der Waals surface area contributed by atoms with Crippen molar-refractivity contribution in [3.63, 3.8) is 0 Å². The second kappa shape index (κ2) is 8.78. The summed E-state index contributed by atoms with van der Waals surface area (Å²) >= 11 is 0. The molecule has 0 aromatic heterocycles. The van der Waals surface area contributed by atoms with Gasteiger partial charge in [-0.15, -0.1) is 4.40 Å². The molecular formula is C23H26FN3O3S. The fourth-order valence-corrected chi connectivity index (χ4v) is 5.11. The number of sulfonamides is 1. The number of halogens is 1. The van der Waals surface area contributed by atoms with Gasteiger partial charge in [-0.25, -0.2) is 4.39 Å². The Morgan fingerprint density at radius 3 is 2.68 bits per heavy atom. The van der Waals surface area contributed by atoms with Crippen LogP contribution in [0.3, 0.4) is 0 Å². The molecule has 4 rings (SSSR count). The largest absolute Gasteiger partial charge is 0.362 e. The number of hydrogen-bond acceptors (Lipinski definition) is 3. The van der Waals surface area contributed by atoms with Gasteiger partial charge in [0.25, 0.3) is 10.0 Å². The SMILES string of the molecule is CN1CCCCC/C1=N\S(=O)(=O)c1cccc(NC(=O)C2CC2c2ccc(F)cc2)c1. The van der Waals surface area contributed by atoms with E-state index in [-0.39, 0.29) is 28.5 Å². The summed E-state index contributed by atoms with van der Waals surface area (Å²) in [5.41, 5.74) is 1.35. The highest BCUT2D eigenvalue weighted by atomic mass is 32.2. The van der Waals surface area contributed by atoms with Gasteiger partial charge in [-0.2, -0.15) is 8.42 Å². The third kappa shape index (κ3) is 5.12. The molecule has 31 heavy (non-hydrogen) atoms. The minimum absolute atomic E-state index is 0.0568. The third-order valence-corrected chi connectivity index (χ3v) is 7.19. The molecule has 2 unspecified atom stereocenters. The van der Waals surface area contributed by atoms with Crippen LogP contribution in [0.5, 0.6) is 0 Å². The lowest BCUT2D eigenvalue weighted by Gasteiger charge is -2.17. The Hall–Kier alpha value is -2.74. The number of rotatable bonds is 5. The van der Waals surface area contributed by atoms with E-state index in [4.69, 9.17) is 0 Å². The maximum Gasteiger partial charge on any atom is 0.284 e. The number of amidine groups is 1. The van der Waals surface area contributed by atoms with Gasteiger partial charge in [-0.1, -0.05) is 24.6 Å². The van der Waals surface area contributed by atoms with Crippen LogP contribution >= 0.6 is 0 Å². The van der Waals surface area contributed by atoms with Crippen LogP contribution in [0.4, 0.5) is 10.1 Å². The highest BCUT2D eigenvalue weighted by Crippen LogP contribution is 2.48. The zero-order valence-corrected chi connectivity index (χ0v) is 18.2. The number of anilines is 1. The van der Waals surface area contributed by atoms with Gasteiger partial charge in [0, 0.05) is 31.6 Å². The summed E-state index contributed by atoms with van der Waals surface area (Å²) in [4.78, 5) is 14.6. The molecule has 0 radical (unpaired) electrons. The molecule has 2 fully saturated rings. The topological polar surface area (TPSA) is 78.8 Å². The Kier molecular flexibility index (Phi) is 6.09. The van der Waals surface area contributed by atoms with E-state index in [9.17, 15) is 17.6 Å². The Morgan fingerprint density at radius 2 is 1.90 bits per heavy atom. The lowest BCUT2D eigenvalue weighted by molar-refractivity contribution is -0.117. The van der Waals surface area contributed by atoms with Crippen molar-refractivity contribution in [2.75, 3.05) is 18.9 Å². The first-order valence-corrected chi connectivity index (χ1v) is 12.0. The highest BCUT2D eigenvalue weighted by molar-refractivity contribution is 7.90. The fourth-order valence-electron chi connectivity index (χ4n) is 3.97. The molecule has 1 aliphatic heterocycles. The number of nitrogens with zero attached hydrogens (tertiary/aromatic N) is 2. The molecule has 0 bridgehead atoms. The van der Waals surface area contributed by atoms with Crippen LogP contribution in [0.15, 0.2) is 57.8 Å². The van der Waals surface area contributed by atoms with Crippen molar-refractivity contribution in [2.24, 2.45) is 10.3 Å². The van der Waals surface area contributed by atoms with Crippen molar-refractivity contribution in [3.05, 3.63) is 59.9 Å². The van der Waals surface area contributed by atoms with Gasteiger partial charge in [0.2, 0.25) is 5.91 Å². The van der Waals surface area contributed by atoms with Gasteiger partial charge in [0.1, 0.15) is 11.7 Å². The predicted octanol–water partition coefficient (Wildman–Crippen LogP) is 4.16. The molecule has 2 aromatic carbocycles. The van der Waals surface area contributed by atoms with Crippen molar-refractivity contribution >= 4 is 27.5 Å². The smallest absolute Gasteiger partial charge is 0.284 e. The molecule has 1 saturated heterocycles. The van der Waals surface area contributed by atoms with E-state index in [0.717, 1.165) is 31.4 Å². The molecule has 1 aliphatic carbocycles. The van der Waals surface area contributed by atoms with Crippen LogP contribution in [0.2, 0.25) is 0 Å². The second-order valence-corrected chi connectivity index (χ2v) is 9.84. The molecule has 8 heteroatoms. The van der Waals surface area contributed by atoms with Crippen molar-refractivity contribution in [1.82, 2.24) is 4.90 Å². The lowest BCUT2D eigenvalue weighted by Crippen LogP contribution is -2.26. The van der Waals surface area contributed by atoms with Crippen LogP contribution < -0.4 is 5.32 Å². The third-order valence-electron chi connectivity index (χ3n) is 5.88. The number of benzene rings is 2. The van der Waals surface area contributed by atoms with Gasteiger partial charge in [-0.05, 0) is 61.1 Å². The normalized spacial score (nSPS) is 22.8. The number of amides is 1. The lowest BCUT2D eigenvalue weighted by atomic mass is 10.1. The van der Waals surface area contributed by atoms with Crippen molar-refractivity contribution in [3.8, 4) is 0 Å². The van der Waals surface area contributed by atoms with Crippen molar-refractivity contribution in [2.45, 2.75) is 42.9 Å². The number of nitrogens with one attached hydrogen (secondary N) is 1. The molecule has 0 spiro atoms. The average Bonchev–Trinajstić information content (AvgIpc) is 3.55. The van der Waals surface area contributed by atoms with E-state index in [0.29, 0.717) is 24.4 Å². The maximum absolute atomic E-state index is 13.1. The zero-order valence-electron chi connectivity index (χ0n) is 17.4. The standard InChI is InChI=1S/C23H26FN3O3S/c1-27-13-4-2-3-8-22(27)26-31(29,30)19-7-5-6-18(14-19)25-23(28)21-15-20(21)16-9-11-17(24)12-10-16/h5-7,9-12,14,20-21H,2-4,8,13,15H2,1H3,(H,25,28)/b26-22+. The van der Waals surface area contributed by atoms with E-state index < -0.39 is 10.0 Å². The molecule has 164 valence electrons. The molecule has 1 saturated carbocycles. The van der Waals surface area contributed by atoms with Crippen molar-refractivity contribution < 1.29 is 17.6 Å². The first-order valence-electron chi connectivity index (χ1n) is 10.5. The van der Waals surface area contributed by atoms with Crippen molar-refractivity contribution in [1.29, 1.82) is 0 Å². The zero-order chi connectivity index (χ0) is 22.0. The molecule has 2 atom stereocenters. The van der Waals surface area contributed by atoms with E-state index in [1.165, 1.54) is 24.3 Å². The summed E-state index contributed by atoms with van der Waals surface area (Å²) in [7, 11) is -2.01. The molecular weight excluding hydrogens is 417 g/mol. The van der Waals surface area contributed by atoms with E-state index in [2.05, 4.69) is 9.71 Å². The Balaban J connectivity index is 1.46. The average molecular weight is 444 g/mol. The van der Waals surface area contributed by atoms with Gasteiger partial charge in [0.05, 0.1) is 4.90 Å².